The second kappa shape index (κ2) is 8.95. The molecule has 1 amide bonds. The van der Waals surface area contributed by atoms with Crippen molar-refractivity contribution in [2.24, 2.45) is 5.92 Å². The van der Waals surface area contributed by atoms with E-state index < -0.39 is 15.7 Å². The Morgan fingerprint density at radius 3 is 2.50 bits per heavy atom. The highest BCUT2D eigenvalue weighted by atomic mass is 32.2. The van der Waals surface area contributed by atoms with Gasteiger partial charge >= 0.3 is 0 Å². The number of sulfone groups is 1. The molecule has 1 heterocycles. The van der Waals surface area contributed by atoms with Gasteiger partial charge in [-0.05, 0) is 29.7 Å². The molecule has 28 heavy (non-hydrogen) atoms. The maximum atomic E-state index is 12.3. The van der Waals surface area contributed by atoms with Crippen molar-refractivity contribution >= 4 is 44.2 Å². The first kappa shape index (κ1) is 21.5. The molecule has 10 heteroatoms. The molecule has 0 fully saturated rings. The molecular weight excluding hydrogens is 398 g/mol. The normalized spacial score (nSPS) is 11.9. The van der Waals surface area contributed by atoms with Crippen molar-refractivity contribution in [2.75, 3.05) is 30.1 Å². The fraction of sp³-hybridized carbons (Fsp3) is 0.333. The van der Waals surface area contributed by atoms with E-state index in [-0.39, 0.29) is 27.5 Å². The van der Waals surface area contributed by atoms with E-state index in [0.717, 1.165) is 17.2 Å². The lowest BCUT2D eigenvalue weighted by Gasteiger charge is -2.11. The molecule has 0 saturated heterocycles. The molecule has 0 atom stereocenters. The third-order valence-electron chi connectivity index (χ3n) is 3.54. The molecule has 1 N–H and O–H groups in total. The van der Waals surface area contributed by atoms with Gasteiger partial charge in [0.2, 0.25) is 15.0 Å². The standard InChI is InChI=1S/C18H21N5O3S2/c1-12(2)11-28(25,26)18-21-17(27-22-18)20-16(24)14(10-19)9-13-5-7-15(8-6-13)23(3)4/h5-9,12H,11H2,1-4H3,(H,20,21,22,24)/b14-9-. The van der Waals surface area contributed by atoms with Crippen molar-refractivity contribution in [3.63, 3.8) is 0 Å². The SMILES string of the molecule is CC(C)CS(=O)(=O)c1nsc(NC(=O)/C(C#N)=C\c2ccc(N(C)C)cc2)n1. The van der Waals surface area contributed by atoms with Gasteiger partial charge in [-0.15, -0.1) is 0 Å². The number of carbonyl (C=O) groups is 1. The highest BCUT2D eigenvalue weighted by molar-refractivity contribution is 7.91. The van der Waals surface area contributed by atoms with E-state index in [4.69, 9.17) is 0 Å². The van der Waals surface area contributed by atoms with E-state index in [1.165, 1.54) is 6.08 Å². The van der Waals surface area contributed by atoms with Gasteiger partial charge in [0, 0.05) is 31.3 Å². The Morgan fingerprint density at radius 2 is 1.96 bits per heavy atom. The van der Waals surface area contributed by atoms with E-state index in [1.807, 2.05) is 37.2 Å². The van der Waals surface area contributed by atoms with Gasteiger partial charge in [0.1, 0.15) is 11.6 Å². The molecule has 2 aromatic rings. The molecule has 0 spiro atoms. The summed E-state index contributed by atoms with van der Waals surface area (Å²) in [5.74, 6) is -0.828. The zero-order valence-corrected chi connectivity index (χ0v) is 17.6. The lowest BCUT2D eigenvalue weighted by Crippen LogP contribution is -2.15. The lowest BCUT2D eigenvalue weighted by molar-refractivity contribution is -0.112. The largest absolute Gasteiger partial charge is 0.378 e. The van der Waals surface area contributed by atoms with Crippen LogP contribution in [0.4, 0.5) is 10.8 Å². The summed E-state index contributed by atoms with van der Waals surface area (Å²) in [6.07, 6.45) is 1.45. The minimum atomic E-state index is -3.61. The van der Waals surface area contributed by atoms with Crippen molar-refractivity contribution in [2.45, 2.75) is 19.0 Å². The smallest absolute Gasteiger partial charge is 0.268 e. The number of nitrogens with zero attached hydrogens (tertiary/aromatic N) is 4. The van der Waals surface area contributed by atoms with E-state index >= 15 is 0 Å². The molecule has 0 saturated carbocycles. The van der Waals surface area contributed by atoms with Crippen molar-refractivity contribution in [1.82, 2.24) is 9.36 Å². The predicted octanol–water partition coefficient (Wildman–Crippen LogP) is 2.58. The van der Waals surface area contributed by atoms with Gasteiger partial charge in [0.15, 0.2) is 0 Å². The summed E-state index contributed by atoms with van der Waals surface area (Å²) in [6, 6.07) is 9.17. The van der Waals surface area contributed by atoms with E-state index in [9.17, 15) is 18.5 Å². The number of nitrogens with one attached hydrogen (secondary N) is 1. The monoisotopic (exact) mass is 419 g/mol. The van der Waals surface area contributed by atoms with Crippen LogP contribution in [0.2, 0.25) is 0 Å². The molecular formula is C18H21N5O3S2. The van der Waals surface area contributed by atoms with Crippen LogP contribution in [0.1, 0.15) is 19.4 Å². The molecule has 148 valence electrons. The quantitative estimate of drug-likeness (QED) is 0.541. The summed E-state index contributed by atoms with van der Waals surface area (Å²) in [4.78, 5) is 18.2. The van der Waals surface area contributed by atoms with Crippen LogP contribution in [0.5, 0.6) is 0 Å². The molecule has 0 radical (unpaired) electrons. The number of rotatable bonds is 7. The molecule has 0 bridgehead atoms. The summed E-state index contributed by atoms with van der Waals surface area (Å²) in [6.45, 7) is 3.56. The number of amides is 1. The summed E-state index contributed by atoms with van der Waals surface area (Å²) in [5.41, 5.74) is 1.55. The van der Waals surface area contributed by atoms with Crippen molar-refractivity contribution in [3.05, 3.63) is 35.4 Å². The van der Waals surface area contributed by atoms with E-state index in [2.05, 4.69) is 14.7 Å². The third-order valence-corrected chi connectivity index (χ3v) is 6.13. The van der Waals surface area contributed by atoms with Crippen molar-refractivity contribution < 1.29 is 13.2 Å². The fourth-order valence-electron chi connectivity index (χ4n) is 2.25. The van der Waals surface area contributed by atoms with Crippen LogP contribution in [0.15, 0.2) is 35.0 Å². The average molecular weight is 420 g/mol. The number of hydrogen-bond acceptors (Lipinski definition) is 8. The van der Waals surface area contributed by atoms with Gasteiger partial charge in [0.05, 0.1) is 5.75 Å². The number of anilines is 2. The number of hydrogen-bond donors (Lipinski definition) is 1. The Labute approximate surface area is 168 Å². The summed E-state index contributed by atoms with van der Waals surface area (Å²) >= 11 is 0.757. The fourth-order valence-corrected chi connectivity index (χ4v) is 4.60. The van der Waals surface area contributed by atoms with Gasteiger partial charge in [-0.25, -0.2) is 8.42 Å². The highest BCUT2D eigenvalue weighted by Crippen LogP contribution is 2.19. The van der Waals surface area contributed by atoms with Gasteiger partial charge in [-0.1, -0.05) is 26.0 Å². The minimum absolute atomic E-state index is 0.0245. The van der Waals surface area contributed by atoms with Crippen LogP contribution in [-0.2, 0) is 14.6 Å². The molecule has 1 aromatic carbocycles. The second-order valence-corrected chi connectivity index (χ2v) is 9.35. The zero-order valence-electron chi connectivity index (χ0n) is 16.0. The number of benzene rings is 1. The van der Waals surface area contributed by atoms with Crippen LogP contribution < -0.4 is 10.2 Å². The van der Waals surface area contributed by atoms with Gasteiger partial charge in [-0.3, -0.25) is 10.1 Å². The number of aromatic nitrogens is 2. The minimum Gasteiger partial charge on any atom is -0.378 e. The first-order valence-corrected chi connectivity index (χ1v) is 10.8. The van der Waals surface area contributed by atoms with Crippen molar-refractivity contribution in [1.29, 1.82) is 5.26 Å². The Balaban J connectivity index is 2.16. The predicted molar refractivity (Wildman–Crippen MR) is 110 cm³/mol. The highest BCUT2D eigenvalue weighted by Gasteiger charge is 2.23. The van der Waals surface area contributed by atoms with Gasteiger partial charge in [-0.2, -0.15) is 14.6 Å². The molecule has 0 aliphatic carbocycles. The van der Waals surface area contributed by atoms with Gasteiger partial charge < -0.3 is 4.90 Å². The molecule has 1 aromatic heterocycles. The molecule has 2 rings (SSSR count). The molecule has 8 nitrogen and oxygen atoms in total. The Morgan fingerprint density at radius 1 is 1.32 bits per heavy atom. The molecule has 0 unspecified atom stereocenters. The Hall–Kier alpha value is -2.77. The second-order valence-electron chi connectivity index (χ2n) is 6.67. The van der Waals surface area contributed by atoms with Crippen molar-refractivity contribution in [3.8, 4) is 6.07 Å². The van der Waals surface area contributed by atoms with Gasteiger partial charge in [0.25, 0.3) is 11.1 Å². The van der Waals surface area contributed by atoms with E-state index in [1.54, 1.807) is 26.0 Å². The molecule has 0 aliphatic heterocycles. The Bertz CT molecular complexity index is 1020. The average Bonchev–Trinajstić information content (AvgIpc) is 3.08. The van der Waals surface area contributed by atoms with Crippen LogP contribution >= 0.6 is 11.5 Å². The van der Waals surface area contributed by atoms with Crippen LogP contribution in [0.3, 0.4) is 0 Å². The van der Waals surface area contributed by atoms with Crippen LogP contribution in [0, 0.1) is 17.2 Å². The summed E-state index contributed by atoms with van der Waals surface area (Å²) < 4.78 is 28.1. The number of carbonyl (C=O) groups excluding carboxylic acids is 1. The molecule has 0 aliphatic rings. The first-order valence-electron chi connectivity index (χ1n) is 8.39. The number of nitriles is 1. The lowest BCUT2D eigenvalue weighted by atomic mass is 10.1. The maximum Gasteiger partial charge on any atom is 0.268 e. The topological polar surface area (TPSA) is 116 Å². The third kappa shape index (κ3) is 5.61. The summed E-state index contributed by atoms with van der Waals surface area (Å²) in [5, 5.41) is 11.4. The Kier molecular flexibility index (Phi) is 6.88. The van der Waals surface area contributed by atoms with Crippen LogP contribution in [0.25, 0.3) is 6.08 Å². The maximum absolute atomic E-state index is 12.3. The van der Waals surface area contributed by atoms with Crippen LogP contribution in [-0.4, -0.2) is 43.5 Å². The summed E-state index contributed by atoms with van der Waals surface area (Å²) in [7, 11) is 0.220. The zero-order chi connectivity index (χ0) is 20.9. The first-order chi connectivity index (χ1) is 13.1. The van der Waals surface area contributed by atoms with E-state index in [0.29, 0.717) is 5.56 Å².